The first-order valence-electron chi connectivity index (χ1n) is 7.64. The van der Waals surface area contributed by atoms with Gasteiger partial charge in [-0.15, -0.1) is 11.3 Å². The number of nitrogens with zero attached hydrogens (tertiary/aromatic N) is 2. The van der Waals surface area contributed by atoms with Crippen molar-refractivity contribution in [2.24, 2.45) is 0 Å². The van der Waals surface area contributed by atoms with Crippen LogP contribution in [0.1, 0.15) is 32.4 Å². The number of aryl methyl sites for hydroxylation is 1. The lowest BCUT2D eigenvalue weighted by molar-refractivity contribution is -0.385. The highest BCUT2D eigenvalue weighted by Crippen LogP contribution is 2.35. The average molecular weight is 360 g/mol. The Hall–Kier alpha value is -2.74. The number of benzene rings is 1. The molecule has 3 rings (SSSR count). The number of amides is 1. The van der Waals surface area contributed by atoms with E-state index in [1.807, 2.05) is 11.4 Å². The second-order valence-electron chi connectivity index (χ2n) is 5.73. The summed E-state index contributed by atoms with van der Waals surface area (Å²) in [5.74, 6) is -0.940. The maximum absolute atomic E-state index is 12.9. The number of thiophene rings is 1. The Morgan fingerprint density at radius 2 is 2.12 bits per heavy atom. The van der Waals surface area contributed by atoms with E-state index >= 15 is 0 Å². The number of esters is 1. The van der Waals surface area contributed by atoms with Gasteiger partial charge in [0.05, 0.1) is 12.0 Å². The lowest BCUT2D eigenvalue weighted by Crippen LogP contribution is -2.43. The van der Waals surface area contributed by atoms with E-state index in [0.29, 0.717) is 18.5 Å². The quantitative estimate of drug-likeness (QED) is 0.477. The van der Waals surface area contributed by atoms with Gasteiger partial charge in [0, 0.05) is 28.6 Å². The van der Waals surface area contributed by atoms with E-state index in [0.717, 1.165) is 10.4 Å². The summed E-state index contributed by atoms with van der Waals surface area (Å²) in [5, 5.41) is 13.0. The third-order valence-electron chi connectivity index (χ3n) is 4.30. The normalized spacial score (nSPS) is 16.2. The highest BCUT2D eigenvalue weighted by Gasteiger charge is 2.38. The fourth-order valence-electron chi connectivity index (χ4n) is 3.01. The van der Waals surface area contributed by atoms with E-state index in [9.17, 15) is 19.7 Å². The zero-order valence-corrected chi connectivity index (χ0v) is 14.5. The van der Waals surface area contributed by atoms with Crippen LogP contribution < -0.4 is 0 Å². The van der Waals surface area contributed by atoms with Crippen molar-refractivity contribution in [1.29, 1.82) is 0 Å². The van der Waals surface area contributed by atoms with Crippen LogP contribution in [-0.2, 0) is 16.0 Å². The second kappa shape index (κ2) is 6.64. The van der Waals surface area contributed by atoms with E-state index in [2.05, 4.69) is 0 Å². The summed E-state index contributed by atoms with van der Waals surface area (Å²) < 4.78 is 4.88. The Bertz CT molecular complexity index is 860. The van der Waals surface area contributed by atoms with E-state index < -0.39 is 22.8 Å². The molecule has 2 heterocycles. The smallest absolute Gasteiger partial charge is 0.333 e. The molecule has 2 aromatic rings. The predicted octanol–water partition coefficient (Wildman–Crippen LogP) is 2.88. The van der Waals surface area contributed by atoms with Crippen molar-refractivity contribution in [3.63, 3.8) is 0 Å². The number of hydrogen-bond donors (Lipinski definition) is 0. The van der Waals surface area contributed by atoms with Crippen LogP contribution >= 0.6 is 11.3 Å². The van der Waals surface area contributed by atoms with Gasteiger partial charge in [-0.05, 0) is 36.4 Å². The highest BCUT2D eigenvalue weighted by molar-refractivity contribution is 7.10. The maximum atomic E-state index is 12.9. The van der Waals surface area contributed by atoms with Crippen LogP contribution in [0.25, 0.3) is 0 Å². The van der Waals surface area contributed by atoms with E-state index in [1.165, 1.54) is 29.4 Å². The first-order chi connectivity index (χ1) is 11.9. The van der Waals surface area contributed by atoms with Gasteiger partial charge in [-0.2, -0.15) is 0 Å². The SMILES string of the molecule is COC(=O)C1c2ccsc2CCN1C(=O)c1ccc(C)c([N+](=O)[O-])c1. The number of nitro groups is 1. The molecule has 25 heavy (non-hydrogen) atoms. The molecule has 0 N–H and O–H groups in total. The molecule has 1 unspecified atom stereocenters. The van der Waals surface area contributed by atoms with Crippen molar-refractivity contribution < 1.29 is 19.2 Å². The molecule has 1 aromatic carbocycles. The summed E-state index contributed by atoms with van der Waals surface area (Å²) in [6.07, 6.45) is 0.639. The molecule has 0 fully saturated rings. The van der Waals surface area contributed by atoms with Crippen molar-refractivity contribution in [1.82, 2.24) is 4.90 Å². The van der Waals surface area contributed by atoms with Gasteiger partial charge in [-0.25, -0.2) is 4.79 Å². The molecule has 0 aliphatic carbocycles. The average Bonchev–Trinajstić information content (AvgIpc) is 3.08. The number of ether oxygens (including phenoxy) is 1. The first-order valence-corrected chi connectivity index (χ1v) is 8.52. The van der Waals surface area contributed by atoms with E-state index in [4.69, 9.17) is 4.74 Å². The van der Waals surface area contributed by atoms with E-state index in [1.54, 1.807) is 19.1 Å². The number of nitro benzene ring substituents is 1. The second-order valence-corrected chi connectivity index (χ2v) is 6.73. The van der Waals surface area contributed by atoms with Crippen LogP contribution in [0.4, 0.5) is 5.69 Å². The fourth-order valence-corrected chi connectivity index (χ4v) is 3.91. The molecule has 1 amide bonds. The molecule has 1 aromatic heterocycles. The van der Waals surface area contributed by atoms with Gasteiger partial charge in [-0.3, -0.25) is 14.9 Å². The van der Waals surface area contributed by atoms with Crippen molar-refractivity contribution in [3.05, 3.63) is 61.3 Å². The van der Waals surface area contributed by atoms with Gasteiger partial charge in [0.25, 0.3) is 11.6 Å². The molecule has 0 bridgehead atoms. The zero-order chi connectivity index (χ0) is 18.1. The molecule has 8 heteroatoms. The molecule has 7 nitrogen and oxygen atoms in total. The Morgan fingerprint density at radius 1 is 1.36 bits per heavy atom. The highest BCUT2D eigenvalue weighted by atomic mass is 32.1. The van der Waals surface area contributed by atoms with Crippen LogP contribution in [-0.4, -0.2) is 35.4 Å². The van der Waals surface area contributed by atoms with Crippen molar-refractivity contribution >= 4 is 28.9 Å². The summed E-state index contributed by atoms with van der Waals surface area (Å²) in [5.41, 5.74) is 1.31. The van der Waals surface area contributed by atoms with Crippen molar-refractivity contribution in [3.8, 4) is 0 Å². The maximum Gasteiger partial charge on any atom is 0.333 e. The first kappa shape index (κ1) is 17.1. The van der Waals surface area contributed by atoms with Crippen LogP contribution in [0.3, 0.4) is 0 Å². The standard InChI is InChI=1S/C17H16N2O5S/c1-10-3-4-11(9-13(10)19(22)23)16(20)18-7-5-14-12(6-8-25-14)15(18)17(21)24-2/h3-4,6,8-9,15H,5,7H2,1-2H3. The Morgan fingerprint density at radius 3 is 2.80 bits per heavy atom. The van der Waals surface area contributed by atoms with Gasteiger partial charge in [0.1, 0.15) is 0 Å². The number of hydrogen-bond acceptors (Lipinski definition) is 6. The van der Waals surface area contributed by atoms with Crippen LogP contribution in [0.15, 0.2) is 29.6 Å². The topological polar surface area (TPSA) is 89.8 Å². The summed E-state index contributed by atoms with van der Waals surface area (Å²) in [6.45, 7) is 1.97. The molecule has 130 valence electrons. The molecule has 0 saturated heterocycles. The van der Waals surface area contributed by atoms with Crippen molar-refractivity contribution in [2.75, 3.05) is 13.7 Å². The largest absolute Gasteiger partial charge is 0.467 e. The molecule has 1 aliphatic rings. The molecular formula is C17H16N2O5S. The van der Waals surface area contributed by atoms with Crippen molar-refractivity contribution in [2.45, 2.75) is 19.4 Å². The minimum atomic E-state index is -0.826. The minimum absolute atomic E-state index is 0.117. The molecule has 1 aliphatic heterocycles. The lowest BCUT2D eigenvalue weighted by atomic mass is 9.98. The van der Waals surface area contributed by atoms with Crippen LogP contribution in [0.5, 0.6) is 0 Å². The monoisotopic (exact) mass is 360 g/mol. The zero-order valence-electron chi connectivity index (χ0n) is 13.7. The summed E-state index contributed by atoms with van der Waals surface area (Å²) in [7, 11) is 1.28. The fraction of sp³-hybridized carbons (Fsp3) is 0.294. The number of rotatable bonds is 3. The minimum Gasteiger partial charge on any atom is -0.467 e. The molecular weight excluding hydrogens is 344 g/mol. The predicted molar refractivity (Wildman–Crippen MR) is 91.6 cm³/mol. The molecule has 0 spiro atoms. The summed E-state index contributed by atoms with van der Waals surface area (Å²) in [6, 6.07) is 5.34. The Balaban J connectivity index is 2.00. The number of fused-ring (bicyclic) bond motifs is 1. The van der Waals surface area contributed by atoms with Gasteiger partial charge in [-0.1, -0.05) is 6.07 Å². The number of carbonyl (C=O) groups excluding carboxylic acids is 2. The lowest BCUT2D eigenvalue weighted by Gasteiger charge is -2.34. The summed E-state index contributed by atoms with van der Waals surface area (Å²) >= 11 is 1.54. The molecule has 0 radical (unpaired) electrons. The number of carbonyl (C=O) groups is 2. The van der Waals surface area contributed by atoms with Crippen LogP contribution in [0, 0.1) is 17.0 Å². The van der Waals surface area contributed by atoms with Gasteiger partial charge in [0.15, 0.2) is 6.04 Å². The third kappa shape index (κ3) is 3.00. The molecule has 0 saturated carbocycles. The summed E-state index contributed by atoms with van der Waals surface area (Å²) in [4.78, 5) is 38.3. The van der Waals surface area contributed by atoms with E-state index in [-0.39, 0.29) is 11.3 Å². The van der Waals surface area contributed by atoms with Gasteiger partial charge < -0.3 is 9.64 Å². The Kier molecular flexibility index (Phi) is 4.54. The van der Waals surface area contributed by atoms with Crippen LogP contribution in [0.2, 0.25) is 0 Å². The third-order valence-corrected chi connectivity index (χ3v) is 5.30. The van der Waals surface area contributed by atoms with Gasteiger partial charge >= 0.3 is 5.97 Å². The number of methoxy groups -OCH3 is 1. The Labute approximate surface area is 148 Å². The van der Waals surface area contributed by atoms with Gasteiger partial charge in [0.2, 0.25) is 0 Å². The molecule has 1 atom stereocenters.